The molecule has 0 aliphatic carbocycles. The number of amides is 1. The zero-order chi connectivity index (χ0) is 17.8. The minimum absolute atomic E-state index is 0.0130. The van der Waals surface area contributed by atoms with E-state index in [9.17, 15) is 4.79 Å². The average molecular weight is 353 g/mol. The maximum atomic E-state index is 12.8. The standard InChI is InChI=1S/C19H23N5O2/c25-18(16-12-21-19(22-13-16)23-8-10-26-11-9-23)24-7-6-20-17(14-24)15-4-2-1-3-5-15/h1-5,12-13,17,20H,6-11,14H2. The summed E-state index contributed by atoms with van der Waals surface area (Å²) in [6.07, 6.45) is 3.28. The first kappa shape index (κ1) is 16.9. The molecule has 3 heterocycles. The summed E-state index contributed by atoms with van der Waals surface area (Å²) in [5, 5.41) is 3.48. The third-order valence-corrected chi connectivity index (χ3v) is 4.84. The maximum absolute atomic E-state index is 12.8. The Kier molecular flexibility index (Phi) is 5.08. The predicted octanol–water partition coefficient (Wildman–Crippen LogP) is 1.10. The second kappa shape index (κ2) is 7.80. The molecule has 7 nitrogen and oxygen atoms in total. The van der Waals surface area contributed by atoms with Crippen LogP contribution >= 0.6 is 0 Å². The van der Waals surface area contributed by atoms with Gasteiger partial charge in [0, 0.05) is 51.2 Å². The van der Waals surface area contributed by atoms with Crippen LogP contribution in [0.15, 0.2) is 42.7 Å². The lowest BCUT2D eigenvalue weighted by Gasteiger charge is -2.34. The van der Waals surface area contributed by atoms with E-state index in [4.69, 9.17) is 4.74 Å². The van der Waals surface area contributed by atoms with E-state index in [0.29, 0.717) is 37.8 Å². The zero-order valence-electron chi connectivity index (χ0n) is 14.7. The number of hydrogen-bond acceptors (Lipinski definition) is 6. The highest BCUT2D eigenvalue weighted by atomic mass is 16.5. The molecular weight excluding hydrogens is 330 g/mol. The van der Waals surface area contributed by atoms with E-state index in [2.05, 4.69) is 32.3 Å². The first-order valence-electron chi connectivity index (χ1n) is 9.03. The first-order valence-corrected chi connectivity index (χ1v) is 9.03. The number of piperazine rings is 1. The quantitative estimate of drug-likeness (QED) is 0.891. The number of aromatic nitrogens is 2. The molecule has 1 unspecified atom stereocenters. The minimum Gasteiger partial charge on any atom is -0.378 e. The normalized spacial score (nSPS) is 20.8. The summed E-state index contributed by atoms with van der Waals surface area (Å²) >= 11 is 0. The van der Waals surface area contributed by atoms with Crippen LogP contribution in [0.25, 0.3) is 0 Å². The van der Waals surface area contributed by atoms with Crippen LogP contribution in [0.4, 0.5) is 5.95 Å². The fraction of sp³-hybridized carbons (Fsp3) is 0.421. The lowest BCUT2D eigenvalue weighted by Crippen LogP contribution is -2.48. The van der Waals surface area contributed by atoms with Gasteiger partial charge in [-0.3, -0.25) is 4.79 Å². The Morgan fingerprint density at radius 1 is 1.08 bits per heavy atom. The highest BCUT2D eigenvalue weighted by molar-refractivity contribution is 5.93. The zero-order valence-corrected chi connectivity index (χ0v) is 14.7. The summed E-state index contributed by atoms with van der Waals surface area (Å²) in [7, 11) is 0. The van der Waals surface area contributed by atoms with Crippen LogP contribution in [0.1, 0.15) is 22.0 Å². The van der Waals surface area contributed by atoms with Crippen molar-refractivity contribution >= 4 is 11.9 Å². The van der Waals surface area contributed by atoms with Gasteiger partial charge in [-0.25, -0.2) is 9.97 Å². The van der Waals surface area contributed by atoms with Crippen molar-refractivity contribution in [2.45, 2.75) is 6.04 Å². The monoisotopic (exact) mass is 353 g/mol. The Balaban J connectivity index is 1.43. The van der Waals surface area contributed by atoms with E-state index in [1.165, 1.54) is 5.56 Å². The number of benzene rings is 1. The van der Waals surface area contributed by atoms with Crippen LogP contribution in [0.3, 0.4) is 0 Å². The van der Waals surface area contributed by atoms with Crippen molar-refractivity contribution in [1.82, 2.24) is 20.2 Å². The number of hydrogen-bond donors (Lipinski definition) is 1. The van der Waals surface area contributed by atoms with Crippen molar-refractivity contribution in [3.8, 4) is 0 Å². The Morgan fingerprint density at radius 2 is 1.81 bits per heavy atom. The summed E-state index contributed by atoms with van der Waals surface area (Å²) in [5.41, 5.74) is 1.74. The van der Waals surface area contributed by atoms with E-state index in [1.54, 1.807) is 12.4 Å². The lowest BCUT2D eigenvalue weighted by molar-refractivity contribution is 0.0702. The molecule has 136 valence electrons. The summed E-state index contributed by atoms with van der Waals surface area (Å²) in [6.45, 7) is 5.05. The first-order chi connectivity index (χ1) is 12.8. The van der Waals surface area contributed by atoms with Gasteiger partial charge >= 0.3 is 0 Å². The van der Waals surface area contributed by atoms with Gasteiger partial charge in [0.1, 0.15) is 0 Å². The average Bonchev–Trinajstić information content (AvgIpc) is 2.75. The molecule has 0 spiro atoms. The second-order valence-electron chi connectivity index (χ2n) is 6.54. The van der Waals surface area contributed by atoms with Gasteiger partial charge in [-0.1, -0.05) is 30.3 Å². The molecule has 2 aliphatic rings. The molecule has 0 radical (unpaired) electrons. The molecule has 0 bridgehead atoms. The fourth-order valence-electron chi connectivity index (χ4n) is 3.38. The predicted molar refractivity (Wildman–Crippen MR) is 98.2 cm³/mol. The molecule has 1 aromatic heterocycles. The Hall–Kier alpha value is -2.51. The van der Waals surface area contributed by atoms with Crippen LogP contribution in [0.2, 0.25) is 0 Å². The fourth-order valence-corrected chi connectivity index (χ4v) is 3.38. The van der Waals surface area contributed by atoms with E-state index in [-0.39, 0.29) is 11.9 Å². The molecule has 7 heteroatoms. The highest BCUT2D eigenvalue weighted by Crippen LogP contribution is 2.19. The number of anilines is 1. The van der Waals surface area contributed by atoms with Gasteiger partial charge in [0.05, 0.1) is 18.8 Å². The van der Waals surface area contributed by atoms with Crippen LogP contribution in [0.5, 0.6) is 0 Å². The summed E-state index contributed by atoms with van der Waals surface area (Å²) in [6, 6.07) is 10.4. The topological polar surface area (TPSA) is 70.6 Å². The molecule has 1 N–H and O–H groups in total. The summed E-state index contributed by atoms with van der Waals surface area (Å²) < 4.78 is 5.35. The van der Waals surface area contributed by atoms with Gasteiger partial charge in [-0.15, -0.1) is 0 Å². The Bertz CT molecular complexity index is 731. The van der Waals surface area contributed by atoms with Gasteiger partial charge in [-0.2, -0.15) is 0 Å². The van der Waals surface area contributed by atoms with Gasteiger partial charge in [-0.05, 0) is 5.56 Å². The van der Waals surface area contributed by atoms with E-state index in [1.807, 2.05) is 23.1 Å². The number of carbonyl (C=O) groups is 1. The largest absolute Gasteiger partial charge is 0.378 e. The van der Waals surface area contributed by atoms with Crippen molar-refractivity contribution in [3.63, 3.8) is 0 Å². The Morgan fingerprint density at radius 3 is 2.54 bits per heavy atom. The molecule has 2 aromatic rings. The van der Waals surface area contributed by atoms with Crippen molar-refractivity contribution < 1.29 is 9.53 Å². The molecule has 1 atom stereocenters. The van der Waals surface area contributed by atoms with Crippen LogP contribution in [-0.2, 0) is 4.74 Å². The molecule has 2 saturated heterocycles. The van der Waals surface area contributed by atoms with Crippen molar-refractivity contribution in [2.24, 2.45) is 0 Å². The molecule has 4 rings (SSSR count). The minimum atomic E-state index is -0.0130. The number of carbonyl (C=O) groups excluding carboxylic acids is 1. The SMILES string of the molecule is O=C(c1cnc(N2CCOCC2)nc1)N1CCNC(c2ccccc2)C1. The third-order valence-electron chi connectivity index (χ3n) is 4.84. The van der Waals surface area contributed by atoms with Gasteiger partial charge in [0.2, 0.25) is 5.95 Å². The second-order valence-corrected chi connectivity index (χ2v) is 6.54. The van der Waals surface area contributed by atoms with E-state index < -0.39 is 0 Å². The molecule has 0 saturated carbocycles. The number of nitrogens with one attached hydrogen (secondary N) is 1. The lowest BCUT2D eigenvalue weighted by atomic mass is 10.0. The van der Waals surface area contributed by atoms with Gasteiger partial charge in [0.15, 0.2) is 0 Å². The number of ether oxygens (including phenoxy) is 1. The number of nitrogens with zero attached hydrogens (tertiary/aromatic N) is 4. The van der Waals surface area contributed by atoms with Crippen molar-refractivity contribution in [1.29, 1.82) is 0 Å². The summed E-state index contributed by atoms with van der Waals surface area (Å²) in [4.78, 5) is 25.6. The maximum Gasteiger partial charge on any atom is 0.257 e. The van der Waals surface area contributed by atoms with E-state index in [0.717, 1.165) is 19.6 Å². The molecule has 1 aromatic carbocycles. The molecule has 2 aliphatic heterocycles. The van der Waals surface area contributed by atoms with Crippen LogP contribution in [0, 0.1) is 0 Å². The smallest absolute Gasteiger partial charge is 0.257 e. The van der Waals surface area contributed by atoms with Crippen LogP contribution in [-0.4, -0.2) is 66.7 Å². The molecular formula is C19H23N5O2. The van der Waals surface area contributed by atoms with Gasteiger partial charge < -0.3 is 19.9 Å². The van der Waals surface area contributed by atoms with Crippen molar-refractivity contribution in [3.05, 3.63) is 53.9 Å². The molecule has 26 heavy (non-hydrogen) atoms. The van der Waals surface area contributed by atoms with Crippen LogP contribution < -0.4 is 10.2 Å². The highest BCUT2D eigenvalue weighted by Gasteiger charge is 2.25. The number of morpholine rings is 1. The molecule has 2 fully saturated rings. The van der Waals surface area contributed by atoms with E-state index >= 15 is 0 Å². The summed E-state index contributed by atoms with van der Waals surface area (Å²) in [5.74, 6) is 0.647. The van der Waals surface area contributed by atoms with Crippen molar-refractivity contribution in [2.75, 3.05) is 50.8 Å². The Labute approximate surface area is 153 Å². The number of rotatable bonds is 3. The van der Waals surface area contributed by atoms with Gasteiger partial charge in [0.25, 0.3) is 5.91 Å². The molecule has 1 amide bonds. The third kappa shape index (κ3) is 3.68.